The quantitative estimate of drug-likeness (QED) is 0.175. The van der Waals surface area contributed by atoms with Gasteiger partial charge in [0.1, 0.15) is 23.8 Å². The Morgan fingerprint density at radius 3 is 2.17 bits per heavy atom. The number of methoxy groups -OCH3 is 1. The van der Waals surface area contributed by atoms with E-state index in [9.17, 15) is 33.9 Å². The highest BCUT2D eigenvalue weighted by Gasteiger charge is 2.52. The number of amides is 5. The monoisotopic (exact) mass is 739 g/mol. The van der Waals surface area contributed by atoms with Crippen LogP contribution < -0.4 is 21.3 Å². The Hall–Kier alpha value is -4.14. The molecular weight excluding hydrogens is 682 g/mol. The van der Waals surface area contributed by atoms with E-state index in [1.165, 1.54) is 7.11 Å². The molecule has 5 rings (SSSR count). The molecule has 53 heavy (non-hydrogen) atoms. The number of likely N-dealkylation sites (tertiary alicyclic amines) is 1. The molecule has 5 N–H and O–H groups in total. The first-order chi connectivity index (χ1) is 25.2. The number of carbonyl (C=O) groups is 6. The van der Waals surface area contributed by atoms with Crippen molar-refractivity contribution in [2.75, 3.05) is 13.7 Å². The van der Waals surface area contributed by atoms with Gasteiger partial charge in [-0.3, -0.25) is 24.0 Å². The number of aromatic nitrogens is 2. The molecule has 15 heteroatoms. The van der Waals surface area contributed by atoms with Crippen molar-refractivity contribution in [1.29, 1.82) is 0 Å². The lowest BCUT2D eigenvalue weighted by atomic mass is 9.82. The summed E-state index contributed by atoms with van der Waals surface area (Å²) in [6.07, 6.45) is 10.4. The van der Waals surface area contributed by atoms with Crippen LogP contribution in [0.1, 0.15) is 126 Å². The Morgan fingerprint density at radius 1 is 0.887 bits per heavy atom. The van der Waals surface area contributed by atoms with Crippen molar-refractivity contribution in [2.45, 2.75) is 141 Å². The Bertz CT molecular complexity index is 1500. The lowest BCUT2D eigenvalue weighted by molar-refractivity contribution is -0.146. The molecule has 0 radical (unpaired) electrons. The second kappa shape index (κ2) is 17.3. The number of hydrogen-bond acceptors (Lipinski definition) is 10. The lowest BCUT2D eigenvalue weighted by Crippen LogP contribution is -2.62. The molecule has 0 aromatic carbocycles. The molecule has 5 amide bonds. The van der Waals surface area contributed by atoms with Crippen LogP contribution in [0.4, 0.5) is 0 Å². The fraction of sp³-hybridized carbons (Fsp3) is 0.737. The van der Waals surface area contributed by atoms with Crippen molar-refractivity contribution in [3.63, 3.8) is 0 Å². The molecule has 3 aliphatic carbocycles. The van der Waals surface area contributed by atoms with Gasteiger partial charge in [0.25, 0.3) is 11.8 Å². The van der Waals surface area contributed by atoms with E-state index in [2.05, 4.69) is 36.0 Å². The van der Waals surface area contributed by atoms with Crippen molar-refractivity contribution in [1.82, 2.24) is 36.1 Å². The molecule has 0 spiro atoms. The smallest absolute Gasteiger partial charge is 0.358 e. The van der Waals surface area contributed by atoms with Crippen LogP contribution in [0.5, 0.6) is 0 Å². The van der Waals surface area contributed by atoms with Crippen molar-refractivity contribution in [3.05, 3.63) is 23.8 Å². The summed E-state index contributed by atoms with van der Waals surface area (Å²) in [4.78, 5) is 90.8. The van der Waals surface area contributed by atoms with Gasteiger partial charge in [-0.05, 0) is 68.1 Å². The van der Waals surface area contributed by atoms with Crippen molar-refractivity contribution in [2.24, 2.45) is 23.2 Å². The van der Waals surface area contributed by atoms with E-state index >= 15 is 0 Å². The third kappa shape index (κ3) is 9.70. The summed E-state index contributed by atoms with van der Waals surface area (Å²) in [6, 6.07) is -3.59. The molecule has 292 valence electrons. The van der Waals surface area contributed by atoms with E-state index in [1.807, 2.05) is 27.7 Å². The second-order valence-electron chi connectivity index (χ2n) is 16.4. The van der Waals surface area contributed by atoms with Gasteiger partial charge in [0.05, 0.1) is 25.5 Å². The van der Waals surface area contributed by atoms with Crippen LogP contribution >= 0.6 is 0 Å². The molecule has 1 aromatic rings. The highest BCUT2D eigenvalue weighted by molar-refractivity contribution is 5.98. The minimum Gasteiger partial charge on any atom is -0.464 e. The van der Waals surface area contributed by atoms with Gasteiger partial charge >= 0.3 is 5.97 Å². The zero-order valence-electron chi connectivity index (χ0n) is 31.7. The van der Waals surface area contributed by atoms with Gasteiger partial charge < -0.3 is 36.0 Å². The SMILES string of the molecule is CCC[C@H](NC(=O)[C@@H]1[C@H]2CCC[C@H]2CN1C(=O)[C@@H](NC(=O)[C@@H](NC(=O)c1cnc(C(=O)OC)cn1)C1CCCCC1)C(C)(C)C)C(O)C(=O)NC1CC1. The maximum atomic E-state index is 14.7. The Kier molecular flexibility index (Phi) is 13.1. The van der Waals surface area contributed by atoms with E-state index in [0.29, 0.717) is 32.2 Å². The highest BCUT2D eigenvalue weighted by Crippen LogP contribution is 2.43. The zero-order valence-corrected chi connectivity index (χ0v) is 31.7. The predicted octanol–water partition coefficient (Wildman–Crippen LogP) is 2.02. The first-order valence-electron chi connectivity index (χ1n) is 19.3. The first-order valence-corrected chi connectivity index (χ1v) is 19.3. The molecule has 1 aliphatic heterocycles. The molecule has 1 saturated heterocycles. The van der Waals surface area contributed by atoms with Gasteiger partial charge in [0.15, 0.2) is 11.8 Å². The number of aliphatic hydroxyl groups excluding tert-OH is 1. The average molecular weight is 740 g/mol. The maximum Gasteiger partial charge on any atom is 0.358 e. The Labute approximate surface area is 311 Å². The molecule has 4 fully saturated rings. The summed E-state index contributed by atoms with van der Waals surface area (Å²) < 4.78 is 4.66. The number of carbonyl (C=O) groups excluding carboxylic acids is 6. The number of fused-ring (bicyclic) bond motifs is 1. The van der Waals surface area contributed by atoms with Crippen molar-refractivity contribution >= 4 is 35.5 Å². The van der Waals surface area contributed by atoms with Crippen LogP contribution in [-0.2, 0) is 23.9 Å². The van der Waals surface area contributed by atoms with Gasteiger partial charge in [-0.1, -0.05) is 59.8 Å². The summed E-state index contributed by atoms with van der Waals surface area (Å²) in [6.45, 7) is 7.81. The first kappa shape index (κ1) is 40.1. The highest BCUT2D eigenvalue weighted by atomic mass is 16.5. The summed E-state index contributed by atoms with van der Waals surface area (Å²) in [5.41, 5.74) is -0.918. The van der Waals surface area contributed by atoms with Crippen molar-refractivity contribution < 1.29 is 38.6 Å². The average Bonchev–Trinajstić information content (AvgIpc) is 3.71. The normalized spacial score (nSPS) is 23.9. The lowest BCUT2D eigenvalue weighted by Gasteiger charge is -2.38. The third-order valence-electron chi connectivity index (χ3n) is 11.3. The van der Waals surface area contributed by atoms with Gasteiger partial charge in [-0.15, -0.1) is 0 Å². The number of nitrogens with one attached hydrogen (secondary N) is 4. The number of rotatable bonds is 14. The summed E-state index contributed by atoms with van der Waals surface area (Å²) in [5, 5.41) is 22.6. The van der Waals surface area contributed by atoms with Crippen LogP contribution in [0.2, 0.25) is 0 Å². The third-order valence-corrected chi connectivity index (χ3v) is 11.3. The van der Waals surface area contributed by atoms with E-state index < -0.39 is 71.2 Å². The molecule has 1 unspecified atom stereocenters. The number of esters is 1. The molecular formula is C38H57N7O8. The van der Waals surface area contributed by atoms with Gasteiger partial charge in [0, 0.05) is 12.6 Å². The van der Waals surface area contributed by atoms with E-state index in [4.69, 9.17) is 0 Å². The van der Waals surface area contributed by atoms with Crippen LogP contribution in [0.15, 0.2) is 12.4 Å². The molecule has 3 saturated carbocycles. The van der Waals surface area contributed by atoms with Gasteiger partial charge in [-0.2, -0.15) is 0 Å². The molecule has 1 aromatic heterocycles. The molecule has 4 aliphatic rings. The van der Waals surface area contributed by atoms with Crippen LogP contribution in [-0.4, -0.2) is 105 Å². The van der Waals surface area contributed by atoms with E-state index in [-0.39, 0.29) is 35.2 Å². The van der Waals surface area contributed by atoms with E-state index in [0.717, 1.165) is 63.8 Å². The fourth-order valence-corrected chi connectivity index (χ4v) is 8.24. The van der Waals surface area contributed by atoms with Gasteiger partial charge in [-0.25, -0.2) is 14.8 Å². The largest absolute Gasteiger partial charge is 0.464 e. The topological polar surface area (TPSA) is 209 Å². The van der Waals surface area contributed by atoms with E-state index in [1.54, 1.807) is 4.90 Å². The van der Waals surface area contributed by atoms with Crippen LogP contribution in [0, 0.1) is 23.2 Å². The molecule has 2 heterocycles. The Balaban J connectivity index is 1.35. The minimum atomic E-state index is -1.42. The summed E-state index contributed by atoms with van der Waals surface area (Å²) in [5.74, 6) is -3.32. The fourth-order valence-electron chi connectivity index (χ4n) is 8.24. The number of aliphatic hydroxyl groups is 1. The Morgan fingerprint density at radius 2 is 1.57 bits per heavy atom. The molecule has 7 atom stereocenters. The number of hydrogen-bond donors (Lipinski definition) is 5. The summed E-state index contributed by atoms with van der Waals surface area (Å²) in [7, 11) is 1.21. The number of nitrogens with zero attached hydrogens (tertiary/aromatic N) is 3. The van der Waals surface area contributed by atoms with Crippen LogP contribution in [0.3, 0.4) is 0 Å². The van der Waals surface area contributed by atoms with Crippen LogP contribution in [0.25, 0.3) is 0 Å². The molecule has 0 bridgehead atoms. The number of ether oxygens (including phenoxy) is 1. The second-order valence-corrected chi connectivity index (χ2v) is 16.4. The standard InChI is InChI=1S/C38H57N7O8/c1-6-11-25(30(46)35(50)41-23-16-17-23)42-34(49)29-24-15-10-14-22(24)20-45(29)36(51)31(38(2,3)4)44-33(48)28(21-12-8-7-9-13-21)43-32(47)26-18-40-27(19-39-26)37(52)53-5/h18-19,21-25,28-31,46H,6-17,20H2,1-5H3,(H,41,50)(H,42,49)(H,43,47)(H,44,48)/t22-,24-,25-,28-,29-,30?,31+/m0/s1. The van der Waals surface area contributed by atoms with Crippen molar-refractivity contribution in [3.8, 4) is 0 Å². The zero-order chi connectivity index (χ0) is 38.4. The van der Waals surface area contributed by atoms with Gasteiger partial charge in [0.2, 0.25) is 17.7 Å². The molecule has 15 nitrogen and oxygen atoms in total. The maximum absolute atomic E-state index is 14.7. The summed E-state index contributed by atoms with van der Waals surface area (Å²) >= 11 is 0. The minimum absolute atomic E-state index is 0.0566. The predicted molar refractivity (Wildman–Crippen MR) is 193 cm³/mol.